The van der Waals surface area contributed by atoms with Crippen LogP contribution in [0.3, 0.4) is 0 Å². The maximum atomic E-state index is 6.41. The summed E-state index contributed by atoms with van der Waals surface area (Å²) in [5.41, 5.74) is 25.8. The lowest BCUT2D eigenvalue weighted by Crippen LogP contribution is -2.06. The van der Waals surface area contributed by atoms with Gasteiger partial charge in [-0.25, -0.2) is 34.9 Å². The van der Waals surface area contributed by atoms with E-state index >= 15 is 0 Å². The average Bonchev–Trinajstić information content (AvgIpc) is 1.54. The van der Waals surface area contributed by atoms with Gasteiger partial charge in [-0.3, -0.25) is 4.57 Å². The molecule has 0 saturated carbocycles. The van der Waals surface area contributed by atoms with E-state index in [2.05, 4.69) is 293 Å². The molecule has 0 radical (unpaired) electrons. The number of aromatic nitrogens is 12. The summed E-state index contributed by atoms with van der Waals surface area (Å²) in [6.07, 6.45) is 0. The molecule has 30 rings (SSSR count). The van der Waals surface area contributed by atoms with Gasteiger partial charge < -0.3 is 22.4 Å². The van der Waals surface area contributed by atoms with Crippen LogP contribution in [0, 0.1) is 0 Å². The van der Waals surface area contributed by atoms with Crippen molar-refractivity contribution in [2.24, 2.45) is 0 Å². The Labute approximate surface area is 832 Å². The minimum Gasteiger partial charge on any atom is -0.456 e. The van der Waals surface area contributed by atoms with Crippen molar-refractivity contribution in [3.05, 3.63) is 473 Å². The highest BCUT2D eigenvalue weighted by Crippen LogP contribution is 2.46. The normalized spacial score (nSPS) is 11.7. The first kappa shape index (κ1) is 83.6. The number of thiophene rings is 1. The molecule has 10 aromatic heterocycles. The molecule has 0 spiro atoms. The first-order chi connectivity index (χ1) is 71.8. The van der Waals surface area contributed by atoms with E-state index in [0.717, 1.165) is 160 Å². The summed E-state index contributed by atoms with van der Waals surface area (Å²) < 4.78 is 28.5. The fourth-order valence-electron chi connectivity index (χ4n) is 20.7. The van der Waals surface area contributed by atoms with Crippen LogP contribution in [0.5, 0.6) is 0 Å². The number of fused-ring (bicyclic) bond motifs is 21. The molecule has 0 amide bonds. The van der Waals surface area contributed by atoms with Gasteiger partial charge in [0.1, 0.15) is 33.5 Å². The molecule has 0 unspecified atom stereocenters. The van der Waals surface area contributed by atoms with E-state index in [4.69, 9.17) is 58.1 Å². The third kappa shape index (κ3) is 14.8. The monoisotopic (exact) mass is 1870 g/mol. The van der Waals surface area contributed by atoms with E-state index in [1.807, 2.05) is 205 Å². The Bertz CT molecular complexity index is 10300. The number of hydrogen-bond acceptors (Lipinski definition) is 13. The Balaban J connectivity index is 0.000000106. The van der Waals surface area contributed by atoms with Gasteiger partial charge in [0.2, 0.25) is 5.95 Å². The van der Waals surface area contributed by atoms with E-state index in [1.54, 1.807) is 0 Å². The molecule has 678 valence electrons. The maximum absolute atomic E-state index is 6.41. The van der Waals surface area contributed by atoms with Gasteiger partial charge in [0.15, 0.2) is 46.6 Å². The molecule has 0 aliphatic heterocycles. The molecule has 0 atom stereocenters. The van der Waals surface area contributed by atoms with Gasteiger partial charge in [0, 0.05) is 147 Å². The van der Waals surface area contributed by atoms with Crippen molar-refractivity contribution < 1.29 is 13.3 Å². The molecule has 16 heteroatoms. The molecule has 30 aromatic rings. The second kappa shape index (κ2) is 34.8. The fourth-order valence-corrected chi connectivity index (χ4v) is 21.8. The minimum atomic E-state index is 0.522. The number of nitrogens with zero attached hydrogens (tertiary/aromatic N) is 12. The Kier molecular flexibility index (Phi) is 20.1. The van der Waals surface area contributed by atoms with Crippen LogP contribution < -0.4 is 0 Å². The SMILES string of the molecule is c1ccc(-c2ccc(-c3nc(-c4ccccc4)nc(-c4ccc(-n5c6ccccc6c6cc7c(cc65)oc5ccccc57)cc4)n3)cc2)cc1.c1ccc(-c2nc(-c3cccc4c3oc3ccccc34)nc(-n3c4ccccc4c4cc5c(cc43)oc3ccccc35)n2)cc1.c1ccc(-c2nc(-c3ccccc3)nc(-c3ccc(-n4c5ccccc5c5cc(-c6ccc7sc8ccccc8c7c6)ccc54)cc3)n2)cc1. The standard InChI is InChI=1S/C45H28N4O.C45H28N4S.C39H22N4O2/c1-3-11-29(12-4-1)30-19-21-32(22-20-30)44-46-43(31-13-5-2-6-14-31)47-45(48-44)33-23-25-34(26-24-33)49-39-17-9-7-15-35(39)37-27-38-36-16-8-10-18-41(36)50-42(38)28-40(37)49;1-3-11-29(12-4-1)43-46-44(30-13-5-2-6-14-30)48-45(47-43)31-19-23-34(24-20-31)49-39-17-9-7-15-35(39)37-27-32(21-25-40(37)49)33-22-26-42-38(28-33)36-16-8-10-18-41(36)50-42;1-2-11-23(12-3-1)37-40-38(28-17-10-16-27-25-14-5-9-20-34(25)45-36(27)28)42-39(41-37)43-31-18-7-4-13-24(31)29-21-30-26-15-6-8-19-33(26)44-35(30)22-32(29)43/h2*1-28H;1-22H. The molecule has 20 aromatic carbocycles. The number of benzene rings is 20. The van der Waals surface area contributed by atoms with Gasteiger partial charge in [-0.2, -0.15) is 9.97 Å². The summed E-state index contributed by atoms with van der Waals surface area (Å²) >= 11 is 1.86. The van der Waals surface area contributed by atoms with Crippen molar-refractivity contribution in [3.63, 3.8) is 0 Å². The van der Waals surface area contributed by atoms with Crippen molar-refractivity contribution in [3.8, 4) is 131 Å². The van der Waals surface area contributed by atoms with E-state index in [9.17, 15) is 0 Å². The highest BCUT2D eigenvalue weighted by Gasteiger charge is 2.26. The summed E-state index contributed by atoms with van der Waals surface area (Å²) in [6, 6.07) is 164. The second-order valence-corrected chi connectivity index (χ2v) is 37.3. The van der Waals surface area contributed by atoms with Gasteiger partial charge in [-0.05, 0) is 156 Å². The molecule has 15 nitrogen and oxygen atoms in total. The molecule has 0 bridgehead atoms. The van der Waals surface area contributed by atoms with Crippen LogP contribution in [0.25, 0.3) is 282 Å². The lowest BCUT2D eigenvalue weighted by molar-refractivity contribution is 0.669. The van der Waals surface area contributed by atoms with Crippen LogP contribution in [0.4, 0.5) is 0 Å². The molecule has 0 aliphatic rings. The first-order valence-electron chi connectivity index (χ1n) is 48.3. The molecular weight excluding hydrogens is 1800 g/mol. The van der Waals surface area contributed by atoms with Gasteiger partial charge in [0.05, 0.1) is 38.7 Å². The number of rotatable bonds is 13. The van der Waals surface area contributed by atoms with Crippen molar-refractivity contribution in [2.45, 2.75) is 0 Å². The Hall–Kier alpha value is -19.6. The Morgan fingerprint density at radius 3 is 0.945 bits per heavy atom. The highest BCUT2D eigenvalue weighted by atomic mass is 32.1. The third-order valence-electron chi connectivity index (χ3n) is 27.6. The number of para-hydroxylation sites is 7. The van der Waals surface area contributed by atoms with Crippen molar-refractivity contribution in [1.82, 2.24) is 58.6 Å². The van der Waals surface area contributed by atoms with Gasteiger partial charge in [0.25, 0.3) is 0 Å². The van der Waals surface area contributed by atoms with E-state index in [-0.39, 0.29) is 0 Å². The van der Waals surface area contributed by atoms with Crippen LogP contribution in [0.2, 0.25) is 0 Å². The van der Waals surface area contributed by atoms with Gasteiger partial charge in [-0.1, -0.05) is 328 Å². The molecule has 145 heavy (non-hydrogen) atoms. The van der Waals surface area contributed by atoms with E-state index in [0.29, 0.717) is 52.5 Å². The van der Waals surface area contributed by atoms with E-state index < -0.39 is 0 Å². The fraction of sp³-hybridized carbons (Fsp3) is 0. The van der Waals surface area contributed by atoms with Gasteiger partial charge >= 0.3 is 0 Å². The quantitative estimate of drug-likeness (QED) is 0.107. The molecule has 10 heterocycles. The minimum absolute atomic E-state index is 0.522. The van der Waals surface area contributed by atoms with Crippen molar-refractivity contribution in [2.75, 3.05) is 0 Å². The van der Waals surface area contributed by atoms with Crippen molar-refractivity contribution in [1.29, 1.82) is 0 Å². The predicted molar refractivity (Wildman–Crippen MR) is 592 cm³/mol. The Morgan fingerprint density at radius 1 is 0.159 bits per heavy atom. The molecule has 0 N–H and O–H groups in total. The van der Waals surface area contributed by atoms with Crippen LogP contribution in [0.1, 0.15) is 0 Å². The van der Waals surface area contributed by atoms with Gasteiger partial charge in [-0.15, -0.1) is 11.3 Å². The highest BCUT2D eigenvalue weighted by molar-refractivity contribution is 7.25. The van der Waals surface area contributed by atoms with E-state index in [1.165, 1.54) is 69.4 Å². The zero-order valence-electron chi connectivity index (χ0n) is 77.5. The van der Waals surface area contributed by atoms with Crippen LogP contribution in [-0.2, 0) is 0 Å². The third-order valence-corrected chi connectivity index (χ3v) is 28.8. The summed E-state index contributed by atoms with van der Waals surface area (Å²) in [5.74, 6) is 5.50. The van der Waals surface area contributed by atoms with Crippen LogP contribution in [-0.4, -0.2) is 58.6 Å². The smallest absolute Gasteiger partial charge is 0.238 e. The average molecular weight is 1880 g/mol. The number of hydrogen-bond donors (Lipinski definition) is 0. The molecular formula is C129H78N12O3S. The molecule has 0 aliphatic carbocycles. The summed E-state index contributed by atoms with van der Waals surface area (Å²) in [5, 5.41) is 16.2. The number of furan rings is 3. The lowest BCUT2D eigenvalue weighted by Gasteiger charge is -2.11. The first-order valence-corrected chi connectivity index (χ1v) is 49.1. The Morgan fingerprint density at radius 2 is 0.462 bits per heavy atom. The van der Waals surface area contributed by atoms with Crippen molar-refractivity contribution >= 4 is 163 Å². The summed E-state index contributed by atoms with van der Waals surface area (Å²) in [6.45, 7) is 0. The lowest BCUT2D eigenvalue weighted by atomic mass is 10.0. The second-order valence-electron chi connectivity index (χ2n) is 36.2. The molecule has 0 fully saturated rings. The zero-order chi connectivity index (χ0) is 95.5. The predicted octanol–water partition coefficient (Wildman–Crippen LogP) is 33.6. The molecule has 0 saturated heterocycles. The van der Waals surface area contributed by atoms with Crippen LogP contribution >= 0.6 is 11.3 Å². The topological polar surface area (TPSA) is 170 Å². The maximum Gasteiger partial charge on any atom is 0.238 e. The largest absolute Gasteiger partial charge is 0.456 e. The van der Waals surface area contributed by atoms with Crippen LogP contribution in [0.15, 0.2) is 486 Å². The zero-order valence-corrected chi connectivity index (χ0v) is 78.3. The summed E-state index contributed by atoms with van der Waals surface area (Å²) in [4.78, 5) is 44.9. The summed E-state index contributed by atoms with van der Waals surface area (Å²) in [7, 11) is 0.